The lowest BCUT2D eigenvalue weighted by atomic mass is 10.0. The largest absolute Gasteiger partial charge is 0.326 e. The lowest BCUT2D eigenvalue weighted by Crippen LogP contribution is -2.45. The lowest BCUT2D eigenvalue weighted by molar-refractivity contribution is 0.237. The number of anilines is 1. The first-order valence-electron chi connectivity index (χ1n) is 8.15. The molecule has 0 fully saturated rings. The highest BCUT2D eigenvalue weighted by Crippen LogP contribution is 2.26. The quantitative estimate of drug-likeness (QED) is 0.706. The number of hydrogen-bond donors (Lipinski definition) is 2. The van der Waals surface area contributed by atoms with Crippen molar-refractivity contribution in [2.45, 2.75) is 32.4 Å². The molecule has 0 aliphatic rings. The van der Waals surface area contributed by atoms with Gasteiger partial charge in [-0.3, -0.25) is 5.32 Å². The molecule has 0 saturated carbocycles. The topological polar surface area (TPSA) is 71.8 Å². The molecule has 1 atom stereocenters. The van der Waals surface area contributed by atoms with E-state index in [4.69, 9.17) is 0 Å². The van der Waals surface area contributed by atoms with Crippen LogP contribution in [0.15, 0.2) is 54.2 Å². The molecule has 3 aromatic rings. The molecule has 1 aromatic carbocycles. The fourth-order valence-corrected chi connectivity index (χ4v) is 3.34. The summed E-state index contributed by atoms with van der Waals surface area (Å²) in [6.07, 6.45) is 4.18. The Balaban J connectivity index is 1.69. The van der Waals surface area contributed by atoms with Gasteiger partial charge in [0.05, 0.1) is 18.3 Å². The number of benzene rings is 1. The maximum atomic E-state index is 12.5. The number of carbonyl (C=O) groups is 1. The van der Waals surface area contributed by atoms with Crippen LogP contribution in [0.2, 0.25) is 0 Å². The average Bonchev–Trinajstić information content (AvgIpc) is 3.29. The predicted molar refractivity (Wildman–Crippen MR) is 99.7 cm³/mol. The summed E-state index contributed by atoms with van der Waals surface area (Å²) in [5, 5.41) is 13.0. The molecule has 6 nitrogen and oxygen atoms in total. The van der Waals surface area contributed by atoms with Gasteiger partial charge in [-0.25, -0.2) is 14.5 Å². The Morgan fingerprint density at radius 3 is 2.72 bits per heavy atom. The van der Waals surface area contributed by atoms with Crippen LogP contribution in [0, 0.1) is 0 Å². The number of aromatic nitrogens is 3. The maximum absolute atomic E-state index is 12.5. The monoisotopic (exact) mass is 355 g/mol. The number of nitrogens with zero attached hydrogens (tertiary/aromatic N) is 3. The zero-order chi connectivity index (χ0) is 17.7. The van der Waals surface area contributed by atoms with Crippen molar-refractivity contribution in [1.82, 2.24) is 20.1 Å². The van der Waals surface area contributed by atoms with Crippen molar-refractivity contribution in [3.63, 3.8) is 0 Å². The van der Waals surface area contributed by atoms with Crippen LogP contribution in [-0.4, -0.2) is 20.8 Å². The molecule has 0 radical (unpaired) electrons. The van der Waals surface area contributed by atoms with Crippen LogP contribution >= 0.6 is 11.3 Å². The molecule has 0 aliphatic heterocycles. The Labute approximate surface area is 150 Å². The van der Waals surface area contributed by atoms with Crippen LogP contribution in [0.1, 0.15) is 30.8 Å². The fraction of sp³-hybridized carbons (Fsp3) is 0.278. The molecular formula is C18H21N5OS. The SMILES string of the molecule is CCC(C)(NC(=O)Nc1ccnn1Cc1ccccc1)c1nccs1. The van der Waals surface area contributed by atoms with Crippen molar-refractivity contribution >= 4 is 23.2 Å². The van der Waals surface area contributed by atoms with E-state index in [1.165, 1.54) is 11.3 Å². The molecule has 0 spiro atoms. The van der Waals surface area contributed by atoms with Gasteiger partial charge in [0.15, 0.2) is 0 Å². The Kier molecular flexibility index (Phi) is 5.14. The summed E-state index contributed by atoms with van der Waals surface area (Å²) in [7, 11) is 0. The molecule has 0 aliphatic carbocycles. The highest BCUT2D eigenvalue weighted by molar-refractivity contribution is 7.09. The molecule has 130 valence electrons. The van der Waals surface area contributed by atoms with Crippen LogP contribution in [0.5, 0.6) is 0 Å². The van der Waals surface area contributed by atoms with E-state index in [1.54, 1.807) is 23.1 Å². The Morgan fingerprint density at radius 2 is 2.04 bits per heavy atom. The van der Waals surface area contributed by atoms with E-state index in [0.717, 1.165) is 17.0 Å². The molecule has 1 unspecified atom stereocenters. The first kappa shape index (κ1) is 17.2. The summed E-state index contributed by atoms with van der Waals surface area (Å²) in [6.45, 7) is 4.61. The van der Waals surface area contributed by atoms with Gasteiger partial charge in [-0.2, -0.15) is 5.10 Å². The third kappa shape index (κ3) is 4.06. The van der Waals surface area contributed by atoms with Crippen molar-refractivity contribution < 1.29 is 4.79 Å². The van der Waals surface area contributed by atoms with Crippen LogP contribution in [0.4, 0.5) is 10.6 Å². The smallest absolute Gasteiger partial charge is 0.321 e. The van der Waals surface area contributed by atoms with E-state index < -0.39 is 5.54 Å². The Hall–Kier alpha value is -2.67. The summed E-state index contributed by atoms with van der Waals surface area (Å²) in [5.74, 6) is 0.652. The van der Waals surface area contributed by atoms with E-state index in [0.29, 0.717) is 12.4 Å². The summed E-state index contributed by atoms with van der Waals surface area (Å²) in [6, 6.07) is 11.5. The summed E-state index contributed by atoms with van der Waals surface area (Å²) in [4.78, 5) is 16.8. The Bertz CT molecular complexity index is 815. The molecule has 2 aromatic heterocycles. The standard InChI is InChI=1S/C18H21N5OS/c1-3-18(2,16-19-11-12-25-16)22-17(24)21-15-9-10-20-23(15)13-14-7-5-4-6-8-14/h4-12H,3,13H2,1-2H3,(H2,21,22,24). The van der Waals surface area contributed by atoms with Crippen molar-refractivity contribution in [3.8, 4) is 0 Å². The second kappa shape index (κ2) is 7.48. The maximum Gasteiger partial charge on any atom is 0.321 e. The summed E-state index contributed by atoms with van der Waals surface area (Å²) >= 11 is 1.54. The number of amides is 2. The zero-order valence-corrected chi connectivity index (χ0v) is 15.1. The van der Waals surface area contributed by atoms with Gasteiger partial charge >= 0.3 is 6.03 Å². The second-order valence-electron chi connectivity index (χ2n) is 5.96. The first-order chi connectivity index (χ1) is 12.1. The third-order valence-electron chi connectivity index (χ3n) is 4.13. The number of nitrogens with one attached hydrogen (secondary N) is 2. The van der Waals surface area contributed by atoms with Crippen molar-refractivity contribution in [2.75, 3.05) is 5.32 Å². The van der Waals surface area contributed by atoms with E-state index in [2.05, 4.69) is 20.7 Å². The number of carbonyl (C=O) groups excluding carboxylic acids is 1. The van der Waals surface area contributed by atoms with Crippen molar-refractivity contribution in [2.24, 2.45) is 0 Å². The summed E-state index contributed by atoms with van der Waals surface area (Å²) < 4.78 is 1.77. The lowest BCUT2D eigenvalue weighted by Gasteiger charge is -2.27. The average molecular weight is 355 g/mol. The van der Waals surface area contributed by atoms with E-state index in [1.807, 2.05) is 49.6 Å². The van der Waals surface area contributed by atoms with E-state index in [-0.39, 0.29) is 6.03 Å². The zero-order valence-electron chi connectivity index (χ0n) is 14.3. The highest BCUT2D eigenvalue weighted by atomic mass is 32.1. The minimum atomic E-state index is -0.497. The summed E-state index contributed by atoms with van der Waals surface area (Å²) in [5.41, 5.74) is 0.624. The van der Waals surface area contributed by atoms with Crippen molar-refractivity contribution in [1.29, 1.82) is 0 Å². The Morgan fingerprint density at radius 1 is 1.24 bits per heavy atom. The highest BCUT2D eigenvalue weighted by Gasteiger charge is 2.29. The van der Waals surface area contributed by atoms with Crippen molar-refractivity contribution in [3.05, 3.63) is 64.7 Å². The minimum Gasteiger partial charge on any atom is -0.326 e. The molecule has 25 heavy (non-hydrogen) atoms. The molecular weight excluding hydrogens is 334 g/mol. The number of rotatable bonds is 6. The van der Waals surface area contributed by atoms with Gasteiger partial charge < -0.3 is 5.32 Å². The van der Waals surface area contributed by atoms with Gasteiger partial charge in [0.25, 0.3) is 0 Å². The molecule has 2 N–H and O–H groups in total. The number of thiazole rings is 1. The van der Waals surface area contributed by atoms with E-state index in [9.17, 15) is 4.79 Å². The van der Waals surface area contributed by atoms with Crippen LogP contribution in [0.25, 0.3) is 0 Å². The molecule has 0 bridgehead atoms. The van der Waals surface area contributed by atoms with Crippen LogP contribution in [0.3, 0.4) is 0 Å². The van der Waals surface area contributed by atoms with Gasteiger partial charge in [-0.05, 0) is 18.9 Å². The van der Waals surface area contributed by atoms with Crippen LogP contribution < -0.4 is 10.6 Å². The van der Waals surface area contributed by atoms with Gasteiger partial charge in [0.1, 0.15) is 10.8 Å². The van der Waals surface area contributed by atoms with Crippen LogP contribution in [-0.2, 0) is 12.1 Å². The fourth-order valence-electron chi connectivity index (χ4n) is 2.51. The normalized spacial score (nSPS) is 13.2. The minimum absolute atomic E-state index is 0.269. The molecule has 3 rings (SSSR count). The van der Waals surface area contributed by atoms with E-state index >= 15 is 0 Å². The van der Waals surface area contributed by atoms with Gasteiger partial charge in [0.2, 0.25) is 0 Å². The van der Waals surface area contributed by atoms with Gasteiger partial charge in [-0.1, -0.05) is 37.3 Å². The second-order valence-corrected chi connectivity index (χ2v) is 6.86. The number of hydrogen-bond acceptors (Lipinski definition) is 4. The number of urea groups is 1. The predicted octanol–water partition coefficient (Wildman–Crippen LogP) is 3.83. The third-order valence-corrected chi connectivity index (χ3v) is 5.17. The molecule has 2 heterocycles. The molecule has 0 saturated heterocycles. The molecule has 7 heteroatoms. The molecule has 2 amide bonds. The van der Waals surface area contributed by atoms with Gasteiger partial charge in [0, 0.05) is 17.6 Å². The first-order valence-corrected chi connectivity index (χ1v) is 9.03. The van der Waals surface area contributed by atoms with Gasteiger partial charge in [-0.15, -0.1) is 11.3 Å².